The third kappa shape index (κ3) is 1.68. The molecule has 1 aromatic carbocycles. The average Bonchev–Trinajstić information content (AvgIpc) is 2.43. The Hall–Kier alpha value is -0.500. The first-order chi connectivity index (χ1) is 6.72. The highest BCUT2D eigenvalue weighted by Gasteiger charge is 2.26. The second-order valence-electron chi connectivity index (χ2n) is 3.83. The molecule has 2 rings (SSSR count). The third-order valence-electron chi connectivity index (χ3n) is 2.80. The molecule has 0 fully saturated rings. The lowest BCUT2D eigenvalue weighted by Crippen LogP contribution is -1.93. The third-order valence-corrected chi connectivity index (χ3v) is 3.67. The van der Waals surface area contributed by atoms with E-state index >= 15 is 0 Å². The van der Waals surface area contributed by atoms with Crippen molar-refractivity contribution in [1.82, 2.24) is 0 Å². The summed E-state index contributed by atoms with van der Waals surface area (Å²) in [5.74, 6) is 1.66. The van der Waals surface area contributed by atoms with Gasteiger partial charge in [-0.15, -0.1) is 0 Å². The molecule has 2 atom stereocenters. The Balaban J connectivity index is 2.35. The molecule has 0 aromatic heterocycles. The molecule has 1 nitrogen and oxygen atoms in total. The molecule has 2 unspecified atom stereocenters. The van der Waals surface area contributed by atoms with Gasteiger partial charge in [-0.05, 0) is 42.5 Å². The van der Waals surface area contributed by atoms with Crippen molar-refractivity contribution in [3.63, 3.8) is 0 Å². The topological polar surface area (TPSA) is 9.23 Å². The van der Waals surface area contributed by atoms with Gasteiger partial charge in [0.2, 0.25) is 0 Å². The summed E-state index contributed by atoms with van der Waals surface area (Å²) in [6.07, 6.45) is 1.20. The van der Waals surface area contributed by atoms with E-state index in [0.29, 0.717) is 10.7 Å². The van der Waals surface area contributed by atoms with Gasteiger partial charge >= 0.3 is 0 Å². The van der Waals surface area contributed by atoms with Crippen LogP contribution < -0.4 is 4.74 Å². The number of halogens is 1. The molecule has 76 valence electrons. The highest BCUT2D eigenvalue weighted by Crippen LogP contribution is 2.45. The van der Waals surface area contributed by atoms with E-state index < -0.39 is 0 Å². The van der Waals surface area contributed by atoms with Crippen molar-refractivity contribution in [2.24, 2.45) is 0 Å². The maximum atomic E-state index is 5.49. The van der Waals surface area contributed by atoms with Gasteiger partial charge in [-0.3, -0.25) is 0 Å². The monoisotopic (exact) mass is 254 g/mol. The van der Waals surface area contributed by atoms with Gasteiger partial charge in [0.05, 0.1) is 6.61 Å². The molecule has 14 heavy (non-hydrogen) atoms. The normalized spacial score (nSPS) is 24.8. The maximum Gasteiger partial charge on any atom is 0.119 e. The standard InChI is InChI=1S/C12H15BrO/c1-3-14-9-4-5-10-8(2)6-12(13)11(10)7-9/h4-5,7-8,12H,3,6H2,1-2H3. The van der Waals surface area contributed by atoms with Crippen molar-refractivity contribution in [2.45, 2.75) is 31.0 Å². The number of rotatable bonds is 2. The number of fused-ring (bicyclic) bond motifs is 1. The Morgan fingerprint density at radius 3 is 2.93 bits per heavy atom. The Morgan fingerprint density at radius 1 is 1.43 bits per heavy atom. The highest BCUT2D eigenvalue weighted by atomic mass is 79.9. The molecule has 0 spiro atoms. The number of benzene rings is 1. The molecule has 1 aliphatic carbocycles. The zero-order valence-corrected chi connectivity index (χ0v) is 10.2. The number of hydrogen-bond donors (Lipinski definition) is 0. The van der Waals surface area contributed by atoms with Gasteiger partial charge in [0, 0.05) is 4.83 Å². The van der Waals surface area contributed by atoms with E-state index in [-0.39, 0.29) is 0 Å². The molecule has 0 radical (unpaired) electrons. The first-order valence-corrected chi connectivity index (χ1v) is 6.04. The summed E-state index contributed by atoms with van der Waals surface area (Å²) in [5, 5.41) is 0. The molecule has 0 amide bonds. The maximum absolute atomic E-state index is 5.49. The van der Waals surface area contributed by atoms with Crippen molar-refractivity contribution in [1.29, 1.82) is 0 Å². The zero-order valence-electron chi connectivity index (χ0n) is 8.59. The van der Waals surface area contributed by atoms with Crippen molar-refractivity contribution in [2.75, 3.05) is 6.61 Å². The number of ether oxygens (including phenoxy) is 1. The molecule has 1 aromatic rings. The molecular weight excluding hydrogens is 240 g/mol. The van der Waals surface area contributed by atoms with Crippen LogP contribution in [0.2, 0.25) is 0 Å². The van der Waals surface area contributed by atoms with Crippen LogP contribution in [-0.2, 0) is 0 Å². The predicted octanol–water partition coefficient (Wildman–Crippen LogP) is 4.03. The van der Waals surface area contributed by atoms with Crippen LogP contribution in [0.25, 0.3) is 0 Å². The molecule has 0 saturated heterocycles. The van der Waals surface area contributed by atoms with Gasteiger partial charge in [-0.2, -0.15) is 0 Å². The van der Waals surface area contributed by atoms with Crippen molar-refractivity contribution >= 4 is 15.9 Å². The van der Waals surface area contributed by atoms with Gasteiger partial charge in [-0.1, -0.05) is 28.9 Å². The van der Waals surface area contributed by atoms with E-state index in [1.807, 2.05) is 6.92 Å². The predicted molar refractivity (Wildman–Crippen MR) is 62.3 cm³/mol. The fourth-order valence-electron chi connectivity index (χ4n) is 2.09. The number of alkyl halides is 1. The molecule has 1 aliphatic rings. The second-order valence-corrected chi connectivity index (χ2v) is 4.93. The second kappa shape index (κ2) is 3.93. The Labute approximate surface area is 93.6 Å². The fraction of sp³-hybridized carbons (Fsp3) is 0.500. The summed E-state index contributed by atoms with van der Waals surface area (Å²) in [6, 6.07) is 6.44. The highest BCUT2D eigenvalue weighted by molar-refractivity contribution is 9.09. The minimum absolute atomic E-state index is 0.507. The van der Waals surface area contributed by atoms with Gasteiger partial charge in [-0.25, -0.2) is 0 Å². The minimum Gasteiger partial charge on any atom is -0.494 e. The van der Waals surface area contributed by atoms with Crippen LogP contribution in [-0.4, -0.2) is 6.61 Å². The summed E-state index contributed by atoms with van der Waals surface area (Å²) in [4.78, 5) is 0.507. The lowest BCUT2D eigenvalue weighted by Gasteiger charge is -2.08. The van der Waals surface area contributed by atoms with Crippen molar-refractivity contribution in [3.8, 4) is 5.75 Å². The molecule has 0 aliphatic heterocycles. The Bertz CT molecular complexity index is 335. The van der Waals surface area contributed by atoms with E-state index in [1.165, 1.54) is 17.5 Å². The van der Waals surface area contributed by atoms with Gasteiger partial charge in [0.1, 0.15) is 5.75 Å². The summed E-state index contributed by atoms with van der Waals surface area (Å²) in [7, 11) is 0. The summed E-state index contributed by atoms with van der Waals surface area (Å²) in [6.45, 7) is 5.03. The van der Waals surface area contributed by atoms with Gasteiger partial charge < -0.3 is 4.74 Å². The quantitative estimate of drug-likeness (QED) is 0.725. The molecule has 0 bridgehead atoms. The number of hydrogen-bond acceptors (Lipinski definition) is 1. The van der Waals surface area contributed by atoms with Gasteiger partial charge in [0.15, 0.2) is 0 Å². The molecule has 0 heterocycles. The van der Waals surface area contributed by atoms with Crippen LogP contribution >= 0.6 is 15.9 Å². The molecule has 0 saturated carbocycles. The fourth-order valence-corrected chi connectivity index (χ4v) is 3.05. The average molecular weight is 255 g/mol. The Morgan fingerprint density at radius 2 is 2.21 bits per heavy atom. The van der Waals surface area contributed by atoms with Crippen LogP contribution in [0.5, 0.6) is 5.75 Å². The van der Waals surface area contributed by atoms with Crippen LogP contribution in [0.1, 0.15) is 42.1 Å². The van der Waals surface area contributed by atoms with Crippen LogP contribution in [0, 0.1) is 0 Å². The lowest BCUT2D eigenvalue weighted by molar-refractivity contribution is 0.340. The van der Waals surface area contributed by atoms with Crippen molar-refractivity contribution in [3.05, 3.63) is 29.3 Å². The van der Waals surface area contributed by atoms with E-state index in [4.69, 9.17) is 4.74 Å². The SMILES string of the molecule is CCOc1ccc2c(c1)C(Br)CC2C. The van der Waals surface area contributed by atoms with Crippen molar-refractivity contribution < 1.29 is 4.74 Å². The Kier molecular flexibility index (Phi) is 2.82. The largest absolute Gasteiger partial charge is 0.494 e. The van der Waals surface area contributed by atoms with E-state index in [1.54, 1.807) is 0 Å². The summed E-state index contributed by atoms with van der Waals surface area (Å²) >= 11 is 3.71. The summed E-state index contributed by atoms with van der Waals surface area (Å²) in [5.41, 5.74) is 2.87. The van der Waals surface area contributed by atoms with E-state index in [2.05, 4.69) is 41.1 Å². The van der Waals surface area contributed by atoms with Gasteiger partial charge in [0.25, 0.3) is 0 Å². The molecule has 0 N–H and O–H groups in total. The van der Waals surface area contributed by atoms with Crippen LogP contribution in [0.3, 0.4) is 0 Å². The molecular formula is C12H15BrO. The van der Waals surface area contributed by atoms with Crippen LogP contribution in [0.4, 0.5) is 0 Å². The zero-order chi connectivity index (χ0) is 10.1. The van der Waals surface area contributed by atoms with Crippen LogP contribution in [0.15, 0.2) is 18.2 Å². The van der Waals surface area contributed by atoms with E-state index in [0.717, 1.165) is 12.4 Å². The lowest BCUT2D eigenvalue weighted by atomic mass is 10.0. The molecule has 2 heteroatoms. The first-order valence-electron chi connectivity index (χ1n) is 5.13. The first kappa shape index (κ1) is 10.0. The minimum atomic E-state index is 0.507. The smallest absolute Gasteiger partial charge is 0.119 e. The summed E-state index contributed by atoms with van der Waals surface area (Å²) < 4.78 is 5.49. The van der Waals surface area contributed by atoms with E-state index in [9.17, 15) is 0 Å².